The van der Waals surface area contributed by atoms with Crippen molar-refractivity contribution in [2.75, 3.05) is 97.0 Å². The van der Waals surface area contributed by atoms with Crippen LogP contribution in [-0.4, -0.2) is 202 Å². The average Bonchev–Trinajstić information content (AvgIpc) is 2.45. The van der Waals surface area contributed by atoms with Gasteiger partial charge in [-0.15, -0.1) is 0 Å². The number of aliphatic hydroxyl groups excluding tert-OH is 1. The van der Waals surface area contributed by atoms with Gasteiger partial charge in [0.05, 0.1) is 59.2 Å². The van der Waals surface area contributed by atoms with E-state index in [0.717, 1.165) is 101 Å². The summed E-state index contributed by atoms with van der Waals surface area (Å²) < 4.78 is 0. The van der Waals surface area contributed by atoms with Crippen LogP contribution in [0.25, 0.3) is 0 Å². The highest BCUT2D eigenvalue weighted by molar-refractivity contribution is 5.93. The Morgan fingerprint density at radius 3 is 0.933 bits per heavy atom. The van der Waals surface area contributed by atoms with Gasteiger partial charge in [-0.1, -0.05) is 63.1 Å². The number of aryl methyl sites for hydroxylation is 3. The average molecular weight is 1250 g/mol. The van der Waals surface area contributed by atoms with Crippen molar-refractivity contribution in [3.63, 3.8) is 0 Å². The molecule has 2 aliphatic heterocycles. The van der Waals surface area contributed by atoms with Gasteiger partial charge in [0, 0.05) is 72.3 Å². The van der Waals surface area contributed by atoms with Gasteiger partial charge >= 0.3 is 0 Å². The summed E-state index contributed by atoms with van der Waals surface area (Å²) in [5.74, 6) is -1.23. The number of hydroxylamine groups is 10. The second-order valence-electron chi connectivity index (χ2n) is 20.3. The molecule has 8 heterocycles. The maximum atomic E-state index is 11.9. The summed E-state index contributed by atoms with van der Waals surface area (Å²) in [5, 5.41) is 14.5. The SMILES string of the molecule is CC(=O)c1cccc(CN2CCCCC2)n1.CCc1cccc(C(=O)N(C)OC)n1.CCc1cccc(C(=O)N(C)OC)n1.CON(C)C(=O)c1cccc(C)n1.CON(C)C(=O)c1cccc(CN2CCCCC2)n1.CON(C)C(=O)c1cccc(CO)n1. The van der Waals surface area contributed by atoms with Crippen molar-refractivity contribution in [2.24, 2.45) is 0 Å². The zero-order valence-electron chi connectivity index (χ0n) is 54.8. The van der Waals surface area contributed by atoms with Gasteiger partial charge in [-0.3, -0.25) is 62.8 Å². The normalized spacial score (nSPS) is 12.6. The summed E-state index contributed by atoms with van der Waals surface area (Å²) in [7, 11) is 14.9. The smallest absolute Gasteiger partial charge is 0.295 e. The number of ketones is 1. The number of rotatable bonds is 18. The van der Waals surface area contributed by atoms with Gasteiger partial charge in [-0.25, -0.2) is 55.2 Å². The van der Waals surface area contributed by atoms with Crippen molar-refractivity contribution < 1.29 is 58.1 Å². The number of hydrogen-bond donors (Lipinski definition) is 1. The fourth-order valence-corrected chi connectivity index (χ4v) is 8.30. The van der Waals surface area contributed by atoms with Crippen LogP contribution in [0.5, 0.6) is 0 Å². The van der Waals surface area contributed by atoms with E-state index in [-0.39, 0.29) is 47.6 Å². The first kappa shape index (κ1) is 75.8. The molecular formula is C65H91N13O12. The number of Topliss-reactive ketones (excluding diaryl/α,β-unsaturated/α-hetero) is 1. The summed E-state index contributed by atoms with van der Waals surface area (Å²) in [5.41, 5.74) is 7.50. The minimum atomic E-state index is -0.345. The van der Waals surface area contributed by atoms with Crippen molar-refractivity contribution in [1.29, 1.82) is 0 Å². The van der Waals surface area contributed by atoms with Crippen LogP contribution in [0.4, 0.5) is 0 Å². The molecule has 2 saturated heterocycles. The van der Waals surface area contributed by atoms with Crippen LogP contribution in [0.15, 0.2) is 109 Å². The first-order chi connectivity index (χ1) is 43.2. The molecule has 488 valence electrons. The molecule has 0 radical (unpaired) electrons. The molecule has 5 amide bonds. The predicted molar refractivity (Wildman–Crippen MR) is 339 cm³/mol. The van der Waals surface area contributed by atoms with Crippen molar-refractivity contribution >= 4 is 35.3 Å². The van der Waals surface area contributed by atoms with E-state index in [9.17, 15) is 28.8 Å². The number of amides is 5. The molecule has 0 bridgehead atoms. The third kappa shape index (κ3) is 26.7. The molecule has 8 rings (SSSR count). The highest BCUT2D eigenvalue weighted by Crippen LogP contribution is 2.15. The van der Waals surface area contributed by atoms with E-state index in [1.54, 1.807) is 89.7 Å². The number of carbonyl (C=O) groups is 6. The van der Waals surface area contributed by atoms with Crippen LogP contribution >= 0.6 is 0 Å². The number of pyridine rings is 6. The lowest BCUT2D eigenvalue weighted by Gasteiger charge is -2.26. The summed E-state index contributed by atoms with van der Waals surface area (Å²) >= 11 is 0. The topological polar surface area (TPSA) is 269 Å². The molecule has 90 heavy (non-hydrogen) atoms. The Balaban J connectivity index is 0.000000284. The van der Waals surface area contributed by atoms with Gasteiger partial charge in [-0.2, -0.15) is 0 Å². The highest BCUT2D eigenvalue weighted by Gasteiger charge is 2.19. The molecule has 6 aromatic rings. The van der Waals surface area contributed by atoms with Gasteiger partial charge in [0.15, 0.2) is 5.78 Å². The zero-order valence-corrected chi connectivity index (χ0v) is 54.8. The number of likely N-dealkylation sites (tertiary alicyclic amines) is 2. The molecule has 0 aromatic carbocycles. The minimum absolute atomic E-state index is 0.0421. The van der Waals surface area contributed by atoms with Crippen LogP contribution < -0.4 is 0 Å². The third-order valence-electron chi connectivity index (χ3n) is 13.7. The maximum Gasteiger partial charge on any atom is 0.295 e. The number of carbonyl (C=O) groups excluding carboxylic acids is 6. The molecule has 25 heteroatoms. The Labute approximate surface area is 529 Å². The Bertz CT molecular complexity index is 3010. The number of aromatic nitrogens is 6. The van der Waals surface area contributed by atoms with Gasteiger partial charge in [0.1, 0.15) is 34.2 Å². The molecule has 0 atom stereocenters. The van der Waals surface area contributed by atoms with E-state index < -0.39 is 0 Å². The Morgan fingerprint density at radius 1 is 0.389 bits per heavy atom. The number of aliphatic hydroxyl groups is 1. The van der Waals surface area contributed by atoms with Gasteiger partial charge in [0.25, 0.3) is 29.5 Å². The second kappa shape index (κ2) is 41.7. The monoisotopic (exact) mass is 1250 g/mol. The Hall–Kier alpha value is -8.40. The molecule has 0 spiro atoms. The van der Waals surface area contributed by atoms with E-state index in [1.165, 1.54) is 86.2 Å². The first-order valence-electron chi connectivity index (χ1n) is 29.6. The molecule has 6 aromatic heterocycles. The van der Waals surface area contributed by atoms with Crippen LogP contribution in [0.3, 0.4) is 0 Å². The minimum Gasteiger partial charge on any atom is -0.390 e. The summed E-state index contributed by atoms with van der Waals surface area (Å²) in [6.45, 7) is 13.5. The van der Waals surface area contributed by atoms with Gasteiger partial charge < -0.3 is 5.11 Å². The van der Waals surface area contributed by atoms with E-state index in [2.05, 4.69) is 39.7 Å². The van der Waals surface area contributed by atoms with Crippen LogP contribution in [0, 0.1) is 6.92 Å². The zero-order chi connectivity index (χ0) is 66.5. The Kier molecular flexibility index (Phi) is 35.2. The van der Waals surface area contributed by atoms with Crippen molar-refractivity contribution in [2.45, 2.75) is 98.8 Å². The van der Waals surface area contributed by atoms with E-state index >= 15 is 0 Å². The quantitative estimate of drug-likeness (QED) is 0.0636. The molecule has 0 unspecified atom stereocenters. The Morgan fingerprint density at radius 2 is 0.644 bits per heavy atom. The molecule has 1 N–H and O–H groups in total. The third-order valence-corrected chi connectivity index (χ3v) is 13.7. The summed E-state index contributed by atoms with van der Waals surface area (Å²) in [6, 6.07) is 32.2. The number of piperidine rings is 2. The summed E-state index contributed by atoms with van der Waals surface area (Å²) in [6.07, 6.45) is 9.38. The van der Waals surface area contributed by atoms with Crippen LogP contribution in [0.2, 0.25) is 0 Å². The maximum absolute atomic E-state index is 11.9. The number of nitrogens with zero attached hydrogens (tertiary/aromatic N) is 13. The number of hydrogen-bond acceptors (Lipinski definition) is 20. The fourth-order valence-electron chi connectivity index (χ4n) is 8.30. The van der Waals surface area contributed by atoms with E-state index in [0.29, 0.717) is 34.2 Å². The highest BCUT2D eigenvalue weighted by atomic mass is 16.7. The lowest BCUT2D eigenvalue weighted by molar-refractivity contribution is -0.0761. The van der Waals surface area contributed by atoms with Gasteiger partial charge in [-0.05, 0) is 144 Å². The molecule has 2 fully saturated rings. The standard InChI is InChI=1S/C14H21N3O2.C13H18N2O.2C10H14N2O2.C9H12N2O3.C9H12N2O2/c1-16(19-2)14(18)13-8-6-7-12(15-13)11-17-9-4-3-5-10-17;1-11(16)13-7-5-6-12(14-13)10-15-8-3-2-4-9-15;2*1-4-8-6-5-7-9(11-8)10(13)12(2)14-3;1-11(14-2)9(13)8-5-3-4-7(6-12)10-8;1-7-5-4-6-8(10-7)9(12)11(2)13-3/h6-8H,3-5,9-11H2,1-2H3;5-7H,2-4,8-10H2,1H3;2*5-7H,4H2,1-3H3;3-5,12H,6H2,1-2H3;4-6H,1-3H3. The lowest BCUT2D eigenvalue weighted by atomic mass is 10.1. The van der Waals surface area contributed by atoms with E-state index in [1.807, 2.05) is 75.4 Å². The largest absolute Gasteiger partial charge is 0.390 e. The van der Waals surface area contributed by atoms with Gasteiger partial charge in [0.2, 0.25) is 0 Å². The van der Waals surface area contributed by atoms with Crippen LogP contribution in [0.1, 0.15) is 156 Å². The first-order valence-corrected chi connectivity index (χ1v) is 29.6. The fraction of sp³-hybridized carbons (Fsp3) is 0.446. The molecule has 0 aliphatic carbocycles. The van der Waals surface area contributed by atoms with Crippen LogP contribution in [-0.2, 0) is 56.7 Å². The van der Waals surface area contributed by atoms with E-state index in [4.69, 9.17) is 29.3 Å². The molecular weight excluding hydrogens is 1150 g/mol. The lowest BCUT2D eigenvalue weighted by Crippen LogP contribution is -2.30. The van der Waals surface area contributed by atoms with Crippen molar-refractivity contribution in [3.8, 4) is 0 Å². The summed E-state index contributed by atoms with van der Waals surface area (Å²) in [4.78, 5) is 123. The second-order valence-corrected chi connectivity index (χ2v) is 20.3. The predicted octanol–water partition coefficient (Wildman–Crippen LogP) is 7.76. The molecule has 25 nitrogen and oxygen atoms in total. The van der Waals surface area contributed by atoms with Crippen molar-refractivity contribution in [1.82, 2.24) is 65.0 Å². The molecule has 2 aliphatic rings. The van der Waals surface area contributed by atoms with Crippen molar-refractivity contribution in [3.05, 3.63) is 178 Å². The molecule has 0 saturated carbocycles.